The fraction of sp³-hybridized carbons (Fsp3) is 0.667. The summed E-state index contributed by atoms with van der Waals surface area (Å²) >= 11 is 0. The van der Waals surface area contributed by atoms with E-state index in [1.165, 1.54) is 0 Å². The number of halogens is 1. The van der Waals surface area contributed by atoms with Crippen molar-refractivity contribution in [2.75, 3.05) is 13.2 Å². The summed E-state index contributed by atoms with van der Waals surface area (Å²) < 4.78 is 12.3. The van der Waals surface area contributed by atoms with Gasteiger partial charge in [-0.2, -0.15) is 0 Å². The number of nitrogens with one attached hydrogen (secondary N) is 1. The molecule has 10 heavy (non-hydrogen) atoms. The lowest BCUT2D eigenvalue weighted by atomic mass is 10.4. The van der Waals surface area contributed by atoms with Gasteiger partial charge in [-0.05, 0) is 6.92 Å². The van der Waals surface area contributed by atoms with E-state index in [2.05, 4.69) is 16.9 Å². The minimum atomic E-state index is -1.10. The minimum absolute atomic E-state index is 0.0160. The van der Waals surface area contributed by atoms with Crippen molar-refractivity contribution in [2.24, 2.45) is 5.73 Å². The SMILES string of the molecule is C=C(C)NOCC(F)CN. The largest absolute Gasteiger partial charge is 0.328 e. The topological polar surface area (TPSA) is 47.3 Å². The summed E-state index contributed by atoms with van der Waals surface area (Å²) in [4.78, 5) is 4.64. The van der Waals surface area contributed by atoms with Crippen LogP contribution in [0.1, 0.15) is 6.92 Å². The van der Waals surface area contributed by atoms with Crippen LogP contribution < -0.4 is 11.2 Å². The van der Waals surface area contributed by atoms with Crippen LogP contribution in [0.2, 0.25) is 0 Å². The molecule has 0 bridgehead atoms. The van der Waals surface area contributed by atoms with Crippen LogP contribution in [0.4, 0.5) is 4.39 Å². The number of allylic oxidation sites excluding steroid dienone is 1. The van der Waals surface area contributed by atoms with E-state index in [0.29, 0.717) is 5.70 Å². The Hall–Kier alpha value is -0.610. The molecule has 1 atom stereocenters. The Morgan fingerprint density at radius 1 is 1.90 bits per heavy atom. The van der Waals surface area contributed by atoms with Crippen LogP contribution in [-0.4, -0.2) is 19.3 Å². The molecule has 0 aromatic rings. The molecule has 0 amide bonds. The number of alkyl halides is 1. The second-order valence-corrected chi connectivity index (χ2v) is 2.03. The van der Waals surface area contributed by atoms with Gasteiger partial charge in [0.15, 0.2) is 0 Å². The predicted octanol–water partition coefficient (Wildman–Crippen LogP) is 0.338. The molecule has 0 spiro atoms. The van der Waals surface area contributed by atoms with Gasteiger partial charge in [0.2, 0.25) is 0 Å². The van der Waals surface area contributed by atoms with Gasteiger partial charge in [0.05, 0.1) is 0 Å². The van der Waals surface area contributed by atoms with E-state index in [1.54, 1.807) is 6.92 Å². The maximum atomic E-state index is 12.3. The third-order valence-corrected chi connectivity index (χ3v) is 0.766. The molecule has 0 saturated heterocycles. The van der Waals surface area contributed by atoms with Gasteiger partial charge in [0.25, 0.3) is 0 Å². The molecule has 0 aliphatic heterocycles. The van der Waals surface area contributed by atoms with Gasteiger partial charge in [0.1, 0.15) is 12.8 Å². The van der Waals surface area contributed by atoms with Gasteiger partial charge < -0.3 is 5.73 Å². The lowest BCUT2D eigenvalue weighted by Gasteiger charge is -2.07. The third kappa shape index (κ3) is 5.53. The lowest BCUT2D eigenvalue weighted by Crippen LogP contribution is -2.25. The van der Waals surface area contributed by atoms with E-state index in [0.717, 1.165) is 0 Å². The van der Waals surface area contributed by atoms with Gasteiger partial charge in [-0.15, -0.1) is 0 Å². The Bertz CT molecular complexity index is 108. The Morgan fingerprint density at radius 3 is 2.90 bits per heavy atom. The first-order valence-corrected chi connectivity index (χ1v) is 3.04. The molecule has 4 heteroatoms. The monoisotopic (exact) mass is 148 g/mol. The van der Waals surface area contributed by atoms with E-state index in [4.69, 9.17) is 5.73 Å². The number of rotatable bonds is 5. The second kappa shape index (κ2) is 5.20. The van der Waals surface area contributed by atoms with Crippen molar-refractivity contribution >= 4 is 0 Å². The van der Waals surface area contributed by atoms with E-state index < -0.39 is 6.17 Å². The molecule has 0 fully saturated rings. The summed E-state index contributed by atoms with van der Waals surface area (Å²) in [5.74, 6) is 0. The molecule has 0 saturated carbocycles. The summed E-state index contributed by atoms with van der Waals surface area (Å²) in [5, 5.41) is 0. The van der Waals surface area contributed by atoms with Crippen molar-refractivity contribution in [3.8, 4) is 0 Å². The third-order valence-electron chi connectivity index (χ3n) is 0.766. The van der Waals surface area contributed by atoms with E-state index in [-0.39, 0.29) is 13.2 Å². The fourth-order valence-corrected chi connectivity index (χ4v) is 0.323. The van der Waals surface area contributed by atoms with Crippen molar-refractivity contribution in [3.05, 3.63) is 12.3 Å². The molecule has 3 nitrogen and oxygen atoms in total. The molecule has 0 aromatic heterocycles. The van der Waals surface area contributed by atoms with Gasteiger partial charge in [-0.3, -0.25) is 10.3 Å². The van der Waals surface area contributed by atoms with Crippen LogP contribution in [0, 0.1) is 0 Å². The van der Waals surface area contributed by atoms with E-state index >= 15 is 0 Å². The molecule has 0 aromatic carbocycles. The minimum Gasteiger partial charge on any atom is -0.328 e. The van der Waals surface area contributed by atoms with Crippen LogP contribution >= 0.6 is 0 Å². The number of hydroxylamine groups is 1. The van der Waals surface area contributed by atoms with Gasteiger partial charge in [0, 0.05) is 12.2 Å². The normalized spacial score (nSPS) is 12.7. The Morgan fingerprint density at radius 2 is 2.50 bits per heavy atom. The average molecular weight is 148 g/mol. The number of hydrogen-bond donors (Lipinski definition) is 2. The van der Waals surface area contributed by atoms with Crippen molar-refractivity contribution in [1.29, 1.82) is 0 Å². The Labute approximate surface area is 60.0 Å². The zero-order valence-corrected chi connectivity index (χ0v) is 6.06. The smallest absolute Gasteiger partial charge is 0.138 e. The lowest BCUT2D eigenvalue weighted by molar-refractivity contribution is 0.0272. The van der Waals surface area contributed by atoms with Crippen LogP contribution in [0.3, 0.4) is 0 Å². The first kappa shape index (κ1) is 9.39. The maximum Gasteiger partial charge on any atom is 0.138 e. The molecule has 0 aliphatic rings. The quantitative estimate of drug-likeness (QED) is 0.552. The first-order chi connectivity index (χ1) is 4.66. The summed E-state index contributed by atoms with van der Waals surface area (Å²) in [5.41, 5.74) is 8.05. The summed E-state index contributed by atoms with van der Waals surface area (Å²) in [7, 11) is 0. The number of hydrogen-bond acceptors (Lipinski definition) is 3. The molecule has 60 valence electrons. The molecular weight excluding hydrogens is 135 g/mol. The molecule has 0 aliphatic carbocycles. The Balaban J connectivity index is 3.11. The summed E-state index contributed by atoms with van der Waals surface area (Å²) in [6.45, 7) is 5.15. The highest BCUT2D eigenvalue weighted by Gasteiger charge is 2.01. The van der Waals surface area contributed by atoms with Gasteiger partial charge >= 0.3 is 0 Å². The number of nitrogens with two attached hydrogens (primary N) is 1. The molecule has 1 unspecified atom stereocenters. The maximum absolute atomic E-state index is 12.3. The second-order valence-electron chi connectivity index (χ2n) is 2.03. The van der Waals surface area contributed by atoms with Gasteiger partial charge in [-0.1, -0.05) is 6.58 Å². The zero-order chi connectivity index (χ0) is 7.98. The van der Waals surface area contributed by atoms with Crippen LogP contribution in [0.25, 0.3) is 0 Å². The highest BCUT2D eigenvalue weighted by molar-refractivity contribution is 4.79. The van der Waals surface area contributed by atoms with Crippen LogP contribution in [0.15, 0.2) is 12.3 Å². The predicted molar refractivity (Wildman–Crippen MR) is 37.9 cm³/mol. The van der Waals surface area contributed by atoms with Crippen molar-refractivity contribution < 1.29 is 9.23 Å². The summed E-state index contributed by atoms with van der Waals surface area (Å²) in [6, 6.07) is 0. The standard InChI is InChI=1S/C6H13FN2O/c1-5(2)9-10-4-6(7)3-8/h6,9H,1,3-4,8H2,2H3. The fourth-order valence-electron chi connectivity index (χ4n) is 0.323. The molecule has 0 heterocycles. The highest BCUT2D eigenvalue weighted by Crippen LogP contribution is 1.87. The van der Waals surface area contributed by atoms with E-state index in [9.17, 15) is 4.39 Å². The average Bonchev–Trinajstić information content (AvgIpc) is 1.87. The first-order valence-electron chi connectivity index (χ1n) is 3.04. The van der Waals surface area contributed by atoms with Crippen molar-refractivity contribution in [1.82, 2.24) is 5.48 Å². The molecule has 0 rings (SSSR count). The van der Waals surface area contributed by atoms with Crippen LogP contribution in [-0.2, 0) is 4.84 Å². The van der Waals surface area contributed by atoms with E-state index in [1.807, 2.05) is 0 Å². The Kier molecular flexibility index (Phi) is 4.88. The molecular formula is C6H13FN2O. The van der Waals surface area contributed by atoms with Gasteiger partial charge in [-0.25, -0.2) is 4.39 Å². The highest BCUT2D eigenvalue weighted by atomic mass is 19.1. The molecule has 3 N–H and O–H groups in total. The van der Waals surface area contributed by atoms with Crippen LogP contribution in [0.5, 0.6) is 0 Å². The molecule has 0 radical (unpaired) electrons. The van der Waals surface area contributed by atoms with Crippen molar-refractivity contribution in [2.45, 2.75) is 13.1 Å². The van der Waals surface area contributed by atoms with Crippen molar-refractivity contribution in [3.63, 3.8) is 0 Å². The zero-order valence-electron chi connectivity index (χ0n) is 6.06. The summed E-state index contributed by atoms with van der Waals surface area (Å²) in [6.07, 6.45) is -1.10.